The first-order valence-corrected chi connectivity index (χ1v) is 17.8. The van der Waals surface area contributed by atoms with Gasteiger partial charge in [-0.1, -0.05) is 48.5 Å². The lowest BCUT2D eigenvalue weighted by molar-refractivity contribution is 0.101. The summed E-state index contributed by atoms with van der Waals surface area (Å²) >= 11 is 0. The zero-order chi connectivity index (χ0) is 37.4. The van der Waals surface area contributed by atoms with Crippen LogP contribution in [0.5, 0.6) is 11.5 Å². The predicted molar refractivity (Wildman–Crippen MR) is 192 cm³/mol. The lowest BCUT2D eigenvalue weighted by Crippen LogP contribution is -2.20. The lowest BCUT2D eigenvalue weighted by Gasteiger charge is -2.13. The number of phenols is 2. The molecule has 15 nitrogen and oxygen atoms in total. The van der Waals surface area contributed by atoms with Crippen molar-refractivity contribution < 1.29 is 50.5 Å². The van der Waals surface area contributed by atoms with Gasteiger partial charge in [0.15, 0.2) is 0 Å². The maximum atomic E-state index is 12.9. The third-order valence-electron chi connectivity index (χ3n) is 7.82. The van der Waals surface area contributed by atoms with Gasteiger partial charge in [-0.2, -0.15) is 16.8 Å². The topological polar surface area (TPSA) is 249 Å². The third kappa shape index (κ3) is 7.32. The van der Waals surface area contributed by atoms with Crippen molar-refractivity contribution in [2.75, 3.05) is 21.3 Å². The van der Waals surface area contributed by atoms with Crippen LogP contribution in [0.4, 0.5) is 27.5 Å². The molecule has 0 saturated heterocycles. The molecule has 0 atom stereocenters. The first-order valence-electron chi connectivity index (χ1n) is 15.0. The molecule has 0 unspecified atom stereocenters. The summed E-state index contributed by atoms with van der Waals surface area (Å²) in [4.78, 5) is 37.5. The molecular formula is C35H26N4O11S2. The minimum atomic E-state index is -4.70. The molecule has 6 aromatic rings. The van der Waals surface area contributed by atoms with Crippen molar-refractivity contribution >= 4 is 82.4 Å². The van der Waals surface area contributed by atoms with Gasteiger partial charge in [0.2, 0.25) is 0 Å². The Morgan fingerprint density at radius 1 is 0.462 bits per heavy atom. The molecule has 0 aromatic heterocycles. The summed E-state index contributed by atoms with van der Waals surface area (Å²) in [7, 11) is -9.40. The van der Waals surface area contributed by atoms with Crippen LogP contribution in [0.2, 0.25) is 0 Å². The number of hydrogen-bond acceptors (Lipinski definition) is 9. The summed E-state index contributed by atoms with van der Waals surface area (Å²) in [6, 6.07) is 24.2. The molecule has 6 aromatic carbocycles. The number of hydrogen-bond donors (Lipinski definition) is 8. The Morgan fingerprint density at radius 3 is 1.12 bits per heavy atom. The molecule has 0 bridgehead atoms. The van der Waals surface area contributed by atoms with Gasteiger partial charge in [0, 0.05) is 44.0 Å². The second-order valence-corrected chi connectivity index (χ2v) is 14.0. The van der Waals surface area contributed by atoms with E-state index in [1.807, 2.05) is 0 Å². The maximum absolute atomic E-state index is 12.9. The number of nitrogens with one attached hydrogen (secondary N) is 4. The van der Waals surface area contributed by atoms with Crippen LogP contribution in [0.3, 0.4) is 0 Å². The Balaban J connectivity index is 1.09. The van der Waals surface area contributed by atoms with E-state index in [1.165, 1.54) is 84.9 Å². The predicted octanol–water partition coefficient (Wildman–Crippen LogP) is 6.05. The molecule has 0 aliphatic heterocycles. The van der Waals surface area contributed by atoms with E-state index in [0.717, 1.165) is 12.1 Å². The smallest absolute Gasteiger partial charge is 0.323 e. The Hall–Kier alpha value is -6.53. The zero-order valence-corrected chi connectivity index (χ0v) is 28.0. The molecule has 0 saturated carbocycles. The van der Waals surface area contributed by atoms with Crippen LogP contribution in [0.25, 0.3) is 21.5 Å². The molecular weight excluding hydrogens is 717 g/mol. The van der Waals surface area contributed by atoms with Crippen molar-refractivity contribution in [2.45, 2.75) is 9.79 Å². The van der Waals surface area contributed by atoms with Gasteiger partial charge in [-0.3, -0.25) is 18.7 Å². The van der Waals surface area contributed by atoms with E-state index in [1.54, 1.807) is 12.1 Å². The van der Waals surface area contributed by atoms with Gasteiger partial charge in [-0.05, 0) is 60.7 Å². The van der Waals surface area contributed by atoms with Crippen LogP contribution in [0.1, 0.15) is 20.7 Å². The summed E-state index contributed by atoms with van der Waals surface area (Å²) in [5.74, 6) is -2.25. The SMILES string of the molecule is O=C(Nc1ccc(C(=O)Nc2cc(S(=O)(=O)O)c3ccccc3c2O)cc1)Nc1ccc(C(=O)Nc2cc(S(=O)(=O)O)c3ccccc3c2O)cc1. The standard InChI is InChI=1S/C35H26N4O11S2/c40-31-25-7-3-1-5-23(25)29(51(45,46)47)17-27(31)38-33(42)19-9-13-21(14-10-19)36-35(44)37-22-15-11-20(12-16-22)34(43)39-28-18-30(52(48,49)50)24-6-2-4-8-26(24)32(28)41/h1-18,40-41H,(H,38,42)(H,39,43)(H2,36,37,44)(H,45,46,47)(H,48,49,50). The largest absolute Gasteiger partial charge is 0.505 e. The van der Waals surface area contributed by atoms with E-state index in [2.05, 4.69) is 21.3 Å². The number of phenolic OH excluding ortho intramolecular Hbond substituents is 2. The molecule has 0 heterocycles. The van der Waals surface area contributed by atoms with Crippen LogP contribution in [-0.4, -0.2) is 54.0 Å². The number of aromatic hydroxyl groups is 2. The molecule has 0 aliphatic rings. The highest BCUT2D eigenvalue weighted by atomic mass is 32.2. The summed E-state index contributed by atoms with van der Waals surface area (Å²) in [6.07, 6.45) is 0. The third-order valence-corrected chi connectivity index (χ3v) is 9.61. The molecule has 52 heavy (non-hydrogen) atoms. The molecule has 17 heteroatoms. The number of carbonyl (C=O) groups is 3. The van der Waals surface area contributed by atoms with E-state index in [9.17, 15) is 50.5 Å². The summed E-state index contributed by atoms with van der Waals surface area (Å²) < 4.78 is 67.2. The van der Waals surface area contributed by atoms with Gasteiger partial charge in [0.25, 0.3) is 32.1 Å². The van der Waals surface area contributed by atoms with E-state index in [4.69, 9.17) is 0 Å². The van der Waals surface area contributed by atoms with Gasteiger partial charge in [-0.25, -0.2) is 4.79 Å². The van der Waals surface area contributed by atoms with Crippen molar-refractivity contribution in [3.8, 4) is 11.5 Å². The van der Waals surface area contributed by atoms with Crippen molar-refractivity contribution in [3.05, 3.63) is 120 Å². The van der Waals surface area contributed by atoms with Crippen molar-refractivity contribution in [3.63, 3.8) is 0 Å². The summed E-state index contributed by atoms with van der Waals surface area (Å²) in [6.45, 7) is 0. The second kappa shape index (κ2) is 13.6. The maximum Gasteiger partial charge on any atom is 0.323 e. The van der Waals surface area contributed by atoms with Crippen LogP contribution in [-0.2, 0) is 20.2 Å². The van der Waals surface area contributed by atoms with Crippen LogP contribution in [0.15, 0.2) is 119 Å². The molecule has 6 rings (SSSR count). The fraction of sp³-hybridized carbons (Fsp3) is 0. The van der Waals surface area contributed by atoms with Crippen molar-refractivity contribution in [1.82, 2.24) is 0 Å². The van der Waals surface area contributed by atoms with Gasteiger partial charge < -0.3 is 31.5 Å². The quantitative estimate of drug-likeness (QED) is 0.0659. The zero-order valence-electron chi connectivity index (χ0n) is 26.4. The average Bonchev–Trinajstić information content (AvgIpc) is 3.10. The number of carbonyl (C=O) groups excluding carboxylic acids is 3. The van der Waals surface area contributed by atoms with Gasteiger partial charge in [-0.15, -0.1) is 0 Å². The fourth-order valence-corrected chi connectivity index (χ4v) is 6.81. The second-order valence-electron chi connectivity index (χ2n) is 11.2. The number of rotatable bonds is 8. The molecule has 8 N–H and O–H groups in total. The fourth-order valence-electron chi connectivity index (χ4n) is 5.36. The average molecular weight is 743 g/mol. The van der Waals surface area contributed by atoms with Crippen LogP contribution in [0, 0.1) is 0 Å². The molecule has 0 spiro atoms. The minimum Gasteiger partial charge on any atom is -0.505 e. The molecule has 0 fully saturated rings. The van der Waals surface area contributed by atoms with Crippen molar-refractivity contribution in [1.29, 1.82) is 0 Å². The molecule has 264 valence electrons. The Morgan fingerprint density at radius 2 is 0.788 bits per heavy atom. The molecule has 0 radical (unpaired) electrons. The highest BCUT2D eigenvalue weighted by Gasteiger charge is 2.22. The number of amides is 4. The van der Waals surface area contributed by atoms with Crippen LogP contribution >= 0.6 is 0 Å². The van der Waals surface area contributed by atoms with E-state index >= 15 is 0 Å². The molecule has 0 aliphatic carbocycles. The Bertz CT molecular complexity index is 2460. The number of fused-ring (bicyclic) bond motifs is 2. The Kier molecular flexibility index (Phi) is 9.26. The van der Waals surface area contributed by atoms with E-state index in [-0.39, 0.29) is 55.4 Å². The number of anilines is 4. The van der Waals surface area contributed by atoms with E-state index < -0.39 is 59.4 Å². The highest BCUT2D eigenvalue weighted by Crippen LogP contribution is 2.39. The van der Waals surface area contributed by atoms with Crippen LogP contribution < -0.4 is 21.3 Å². The summed E-state index contributed by atoms with van der Waals surface area (Å²) in [5, 5.41) is 31.7. The van der Waals surface area contributed by atoms with Gasteiger partial charge >= 0.3 is 6.03 Å². The first kappa shape index (κ1) is 35.3. The number of urea groups is 1. The summed E-state index contributed by atoms with van der Waals surface area (Å²) in [5.41, 5.74) is 0.247. The molecule has 4 amide bonds. The van der Waals surface area contributed by atoms with Gasteiger partial charge in [0.1, 0.15) is 21.3 Å². The number of benzene rings is 6. The highest BCUT2D eigenvalue weighted by molar-refractivity contribution is 7.86. The normalized spacial score (nSPS) is 11.6. The van der Waals surface area contributed by atoms with Crippen molar-refractivity contribution in [2.24, 2.45) is 0 Å². The Labute approximate surface area is 295 Å². The van der Waals surface area contributed by atoms with E-state index in [0.29, 0.717) is 0 Å². The monoisotopic (exact) mass is 742 g/mol. The lowest BCUT2D eigenvalue weighted by atomic mass is 10.1. The minimum absolute atomic E-state index is 0.0629. The van der Waals surface area contributed by atoms with Gasteiger partial charge in [0.05, 0.1) is 11.4 Å². The first-order chi connectivity index (χ1) is 24.6.